The average Bonchev–Trinajstić information content (AvgIpc) is 3.00. The molecular weight excluding hydrogens is 242 g/mol. The summed E-state index contributed by atoms with van der Waals surface area (Å²) < 4.78 is 11.7. The minimum atomic E-state index is 0.110. The molecule has 0 radical (unpaired) electrons. The van der Waals surface area contributed by atoms with E-state index in [0.29, 0.717) is 5.92 Å². The van der Waals surface area contributed by atoms with Crippen LogP contribution in [0.2, 0.25) is 0 Å². The highest BCUT2D eigenvalue weighted by atomic mass is 16.5. The molecule has 19 heavy (non-hydrogen) atoms. The maximum absolute atomic E-state index is 6.03. The van der Waals surface area contributed by atoms with Crippen LogP contribution in [0.15, 0.2) is 4.42 Å². The number of hydrogen-bond donors (Lipinski definition) is 0. The first-order valence-corrected chi connectivity index (χ1v) is 7.35. The Morgan fingerprint density at radius 3 is 2.74 bits per heavy atom. The van der Waals surface area contributed by atoms with Crippen LogP contribution in [0, 0.1) is 0 Å². The molecule has 1 saturated carbocycles. The highest BCUT2D eigenvalue weighted by Gasteiger charge is 2.39. The number of aromatic nitrogens is 2. The quantitative estimate of drug-likeness (QED) is 0.839. The lowest BCUT2D eigenvalue weighted by atomic mass is 10.00. The van der Waals surface area contributed by atoms with Gasteiger partial charge in [-0.2, -0.15) is 0 Å². The van der Waals surface area contributed by atoms with Crippen LogP contribution in [0.1, 0.15) is 57.2 Å². The topological polar surface area (TPSA) is 51.4 Å². The fourth-order valence-electron chi connectivity index (χ4n) is 3.14. The molecule has 2 fully saturated rings. The summed E-state index contributed by atoms with van der Waals surface area (Å²) in [7, 11) is 0. The second-order valence-electron chi connectivity index (χ2n) is 6.14. The summed E-state index contributed by atoms with van der Waals surface area (Å²) >= 11 is 0. The predicted molar refractivity (Wildman–Crippen MR) is 70.8 cm³/mol. The summed E-state index contributed by atoms with van der Waals surface area (Å²) in [6.45, 7) is 7.68. The van der Waals surface area contributed by atoms with Gasteiger partial charge in [-0.15, -0.1) is 10.2 Å². The van der Waals surface area contributed by atoms with Gasteiger partial charge < -0.3 is 9.15 Å². The zero-order chi connectivity index (χ0) is 13.3. The molecule has 0 atom stereocenters. The molecular formula is C14H23N3O2. The Labute approximate surface area is 114 Å². The van der Waals surface area contributed by atoms with Gasteiger partial charge in [-0.3, -0.25) is 4.90 Å². The van der Waals surface area contributed by atoms with Crippen LogP contribution in [0.4, 0.5) is 0 Å². The SMILES string of the molecule is CC(C)c1nnc(CN2CCOC3(CCCC3)C2)o1. The average molecular weight is 265 g/mol. The molecule has 1 aromatic heterocycles. The molecule has 5 heteroatoms. The van der Waals surface area contributed by atoms with Crippen molar-refractivity contribution in [1.82, 2.24) is 15.1 Å². The van der Waals surface area contributed by atoms with Crippen molar-refractivity contribution in [2.45, 2.75) is 57.6 Å². The molecule has 0 amide bonds. The summed E-state index contributed by atoms with van der Waals surface area (Å²) in [5.74, 6) is 1.77. The van der Waals surface area contributed by atoms with E-state index in [0.717, 1.165) is 38.0 Å². The van der Waals surface area contributed by atoms with Gasteiger partial charge in [0.05, 0.1) is 18.8 Å². The van der Waals surface area contributed by atoms with Crippen LogP contribution in [-0.4, -0.2) is 40.4 Å². The largest absolute Gasteiger partial charge is 0.424 e. The summed E-state index contributed by atoms with van der Waals surface area (Å²) in [5, 5.41) is 8.24. The van der Waals surface area contributed by atoms with Gasteiger partial charge in [0, 0.05) is 19.0 Å². The molecule has 1 aromatic rings. The van der Waals surface area contributed by atoms with Crippen molar-refractivity contribution < 1.29 is 9.15 Å². The van der Waals surface area contributed by atoms with Crippen molar-refractivity contribution >= 4 is 0 Å². The van der Waals surface area contributed by atoms with E-state index in [1.807, 2.05) is 0 Å². The van der Waals surface area contributed by atoms with Crippen LogP contribution in [-0.2, 0) is 11.3 Å². The number of rotatable bonds is 3. The van der Waals surface area contributed by atoms with E-state index in [1.165, 1.54) is 25.7 Å². The predicted octanol–water partition coefficient (Wildman–Crippen LogP) is 2.34. The minimum absolute atomic E-state index is 0.110. The fourth-order valence-corrected chi connectivity index (χ4v) is 3.14. The van der Waals surface area contributed by atoms with Gasteiger partial charge in [-0.25, -0.2) is 0 Å². The lowest BCUT2D eigenvalue weighted by Gasteiger charge is -2.40. The van der Waals surface area contributed by atoms with Crippen LogP contribution in [0.3, 0.4) is 0 Å². The third-order valence-corrected chi connectivity index (χ3v) is 4.18. The number of morpholine rings is 1. The fraction of sp³-hybridized carbons (Fsp3) is 0.857. The van der Waals surface area contributed by atoms with Crippen molar-refractivity contribution in [3.63, 3.8) is 0 Å². The van der Waals surface area contributed by atoms with Gasteiger partial charge in [-0.1, -0.05) is 26.7 Å². The second-order valence-corrected chi connectivity index (χ2v) is 6.14. The lowest BCUT2D eigenvalue weighted by molar-refractivity contribution is -0.108. The Balaban J connectivity index is 1.62. The molecule has 5 nitrogen and oxygen atoms in total. The normalized spacial score (nSPS) is 23.5. The van der Waals surface area contributed by atoms with Crippen LogP contribution < -0.4 is 0 Å². The van der Waals surface area contributed by atoms with Crippen LogP contribution >= 0.6 is 0 Å². The monoisotopic (exact) mass is 265 g/mol. The summed E-state index contributed by atoms with van der Waals surface area (Å²) in [6.07, 6.45) is 4.99. The molecule has 106 valence electrons. The van der Waals surface area contributed by atoms with E-state index < -0.39 is 0 Å². The van der Waals surface area contributed by atoms with Gasteiger partial charge in [0.1, 0.15) is 0 Å². The summed E-state index contributed by atoms with van der Waals surface area (Å²) in [6, 6.07) is 0. The minimum Gasteiger partial charge on any atom is -0.424 e. The molecule has 2 heterocycles. The molecule has 2 aliphatic rings. The smallest absolute Gasteiger partial charge is 0.230 e. The lowest BCUT2D eigenvalue weighted by Crippen LogP contribution is -2.49. The molecule has 3 rings (SSSR count). The van der Waals surface area contributed by atoms with Gasteiger partial charge in [0.2, 0.25) is 11.8 Å². The maximum Gasteiger partial charge on any atom is 0.230 e. The number of hydrogen-bond acceptors (Lipinski definition) is 5. The Bertz CT molecular complexity index is 424. The van der Waals surface area contributed by atoms with E-state index in [4.69, 9.17) is 9.15 Å². The maximum atomic E-state index is 6.03. The van der Waals surface area contributed by atoms with Crippen LogP contribution in [0.5, 0.6) is 0 Å². The van der Waals surface area contributed by atoms with Gasteiger partial charge in [-0.05, 0) is 12.8 Å². The summed E-state index contributed by atoms with van der Waals surface area (Å²) in [5.41, 5.74) is 0.110. The third-order valence-electron chi connectivity index (χ3n) is 4.18. The van der Waals surface area contributed by atoms with Gasteiger partial charge >= 0.3 is 0 Å². The van der Waals surface area contributed by atoms with Gasteiger partial charge in [0.15, 0.2) is 0 Å². The van der Waals surface area contributed by atoms with Crippen molar-refractivity contribution in [1.29, 1.82) is 0 Å². The highest BCUT2D eigenvalue weighted by Crippen LogP contribution is 2.36. The van der Waals surface area contributed by atoms with E-state index in [9.17, 15) is 0 Å². The highest BCUT2D eigenvalue weighted by molar-refractivity contribution is 4.94. The van der Waals surface area contributed by atoms with Crippen molar-refractivity contribution in [2.24, 2.45) is 0 Å². The second kappa shape index (κ2) is 5.21. The van der Waals surface area contributed by atoms with Crippen molar-refractivity contribution in [3.8, 4) is 0 Å². The molecule has 1 aliphatic heterocycles. The molecule has 0 bridgehead atoms. The molecule has 1 spiro atoms. The standard InChI is InChI=1S/C14H23N3O2/c1-11(2)13-16-15-12(19-13)9-17-7-8-18-14(10-17)5-3-4-6-14/h11H,3-10H2,1-2H3. The molecule has 1 aliphatic carbocycles. The van der Waals surface area contributed by atoms with Crippen LogP contribution in [0.25, 0.3) is 0 Å². The van der Waals surface area contributed by atoms with E-state index in [-0.39, 0.29) is 5.60 Å². The molecule has 0 aromatic carbocycles. The van der Waals surface area contributed by atoms with Crippen molar-refractivity contribution in [2.75, 3.05) is 19.7 Å². The molecule has 0 unspecified atom stereocenters. The first-order valence-electron chi connectivity index (χ1n) is 7.35. The Hall–Kier alpha value is -0.940. The molecule has 0 N–H and O–H groups in total. The van der Waals surface area contributed by atoms with E-state index >= 15 is 0 Å². The Kier molecular flexibility index (Phi) is 3.58. The van der Waals surface area contributed by atoms with E-state index in [2.05, 4.69) is 28.9 Å². The zero-order valence-electron chi connectivity index (χ0n) is 11.9. The number of ether oxygens (including phenoxy) is 1. The summed E-state index contributed by atoms with van der Waals surface area (Å²) in [4.78, 5) is 2.40. The zero-order valence-corrected chi connectivity index (χ0v) is 11.9. The Morgan fingerprint density at radius 1 is 1.26 bits per heavy atom. The molecule has 1 saturated heterocycles. The Morgan fingerprint density at radius 2 is 2.05 bits per heavy atom. The number of nitrogens with zero attached hydrogens (tertiary/aromatic N) is 3. The van der Waals surface area contributed by atoms with E-state index in [1.54, 1.807) is 0 Å². The first kappa shape index (κ1) is 13.1. The third kappa shape index (κ3) is 2.82. The van der Waals surface area contributed by atoms with Crippen molar-refractivity contribution in [3.05, 3.63) is 11.8 Å². The first-order chi connectivity index (χ1) is 9.17. The van der Waals surface area contributed by atoms with Gasteiger partial charge in [0.25, 0.3) is 0 Å².